The van der Waals surface area contributed by atoms with Crippen LogP contribution in [0.1, 0.15) is 6.92 Å². The summed E-state index contributed by atoms with van der Waals surface area (Å²) >= 11 is 0. The molecule has 0 aliphatic heterocycles. The van der Waals surface area contributed by atoms with E-state index in [0.717, 1.165) is 6.08 Å². The summed E-state index contributed by atoms with van der Waals surface area (Å²) in [5.41, 5.74) is -0.0470. The van der Waals surface area contributed by atoms with Gasteiger partial charge in [0.1, 0.15) is 0 Å². The van der Waals surface area contributed by atoms with Gasteiger partial charge in [0.05, 0.1) is 0 Å². The zero-order valence-electron chi connectivity index (χ0n) is 8.50. The van der Waals surface area contributed by atoms with E-state index >= 15 is 0 Å². The van der Waals surface area contributed by atoms with Gasteiger partial charge in [0.2, 0.25) is 0 Å². The first-order chi connectivity index (χ1) is 7.10. The third kappa shape index (κ3) is 14.7. The van der Waals surface area contributed by atoms with Gasteiger partial charge in [-0.15, -0.1) is 0 Å². The van der Waals surface area contributed by atoms with Crippen LogP contribution in [0.15, 0.2) is 24.8 Å². The number of rotatable bonds is 3. The fraction of sp³-hybridized carbons (Fsp3) is 0.333. The zero-order valence-corrected chi connectivity index (χ0v) is 8.50. The maximum absolute atomic E-state index is 11.4. The van der Waals surface area contributed by atoms with Crippen LogP contribution in [-0.4, -0.2) is 29.8 Å². The van der Waals surface area contributed by atoms with Gasteiger partial charge in [0.25, 0.3) is 0 Å². The van der Waals surface area contributed by atoms with E-state index in [0.29, 0.717) is 0 Å². The molecular formula is C9H11F3O4. The third-order valence-electron chi connectivity index (χ3n) is 0.890. The zero-order chi connectivity index (χ0) is 13.4. The molecule has 1 N–H and O–H groups in total. The monoisotopic (exact) mass is 240 g/mol. The smallest absolute Gasteiger partial charge is 0.422 e. The highest BCUT2D eigenvalue weighted by atomic mass is 19.4. The summed E-state index contributed by atoms with van der Waals surface area (Å²) in [5, 5.41) is 7.60. The molecule has 0 aromatic heterocycles. The molecule has 16 heavy (non-hydrogen) atoms. The molecule has 0 atom stereocenters. The lowest BCUT2D eigenvalue weighted by atomic mass is 10.4. The number of aliphatic carboxylic acids is 1. The maximum atomic E-state index is 11.4. The molecule has 0 rings (SSSR count). The quantitative estimate of drug-likeness (QED) is 0.604. The second-order valence-corrected chi connectivity index (χ2v) is 2.51. The van der Waals surface area contributed by atoms with E-state index < -0.39 is 24.7 Å². The van der Waals surface area contributed by atoms with E-state index in [9.17, 15) is 22.8 Å². The van der Waals surface area contributed by atoms with Crippen LogP contribution >= 0.6 is 0 Å². The van der Waals surface area contributed by atoms with Gasteiger partial charge in [0.15, 0.2) is 6.61 Å². The van der Waals surface area contributed by atoms with E-state index in [-0.39, 0.29) is 5.57 Å². The summed E-state index contributed by atoms with van der Waals surface area (Å²) < 4.78 is 37.9. The molecule has 0 unspecified atom stereocenters. The summed E-state index contributed by atoms with van der Waals surface area (Å²) in [6.45, 7) is 5.79. The Kier molecular flexibility index (Phi) is 7.79. The molecule has 0 bridgehead atoms. The van der Waals surface area contributed by atoms with Gasteiger partial charge in [-0.05, 0) is 6.92 Å². The van der Waals surface area contributed by atoms with E-state index in [2.05, 4.69) is 17.9 Å². The molecule has 0 saturated heterocycles. The van der Waals surface area contributed by atoms with Crippen LogP contribution < -0.4 is 0 Å². The molecule has 0 radical (unpaired) electrons. The van der Waals surface area contributed by atoms with Crippen LogP contribution in [0, 0.1) is 0 Å². The van der Waals surface area contributed by atoms with Crippen LogP contribution in [0.5, 0.6) is 0 Å². The average Bonchev–Trinajstić information content (AvgIpc) is 2.13. The molecule has 0 aliphatic carbocycles. The number of carbonyl (C=O) groups excluding carboxylic acids is 1. The summed E-state index contributed by atoms with van der Waals surface area (Å²) in [4.78, 5) is 19.6. The van der Waals surface area contributed by atoms with Crippen LogP contribution in [0.25, 0.3) is 0 Å². The van der Waals surface area contributed by atoms with Crippen molar-refractivity contribution in [3.05, 3.63) is 24.8 Å². The second kappa shape index (κ2) is 7.49. The van der Waals surface area contributed by atoms with Gasteiger partial charge in [-0.3, -0.25) is 0 Å². The number of hydrogen-bond donors (Lipinski definition) is 1. The van der Waals surface area contributed by atoms with Crippen molar-refractivity contribution in [3.8, 4) is 0 Å². The Morgan fingerprint density at radius 1 is 1.44 bits per heavy atom. The predicted octanol–water partition coefficient (Wildman–Crippen LogP) is 1.93. The van der Waals surface area contributed by atoms with Gasteiger partial charge in [-0.2, -0.15) is 13.2 Å². The highest BCUT2D eigenvalue weighted by Crippen LogP contribution is 2.14. The molecule has 0 aromatic carbocycles. The molecule has 0 fully saturated rings. The van der Waals surface area contributed by atoms with Crippen molar-refractivity contribution in [2.24, 2.45) is 0 Å². The highest BCUT2D eigenvalue weighted by Gasteiger charge is 2.29. The van der Waals surface area contributed by atoms with Crippen LogP contribution in [0.3, 0.4) is 0 Å². The molecule has 92 valence electrons. The fourth-order valence-corrected chi connectivity index (χ4v) is 0.271. The lowest BCUT2D eigenvalue weighted by molar-refractivity contribution is -0.183. The molecule has 0 saturated carbocycles. The Bertz CT molecular complexity index is 281. The summed E-state index contributed by atoms with van der Waals surface area (Å²) in [6, 6.07) is 0. The van der Waals surface area contributed by atoms with Crippen molar-refractivity contribution in [2.45, 2.75) is 13.1 Å². The topological polar surface area (TPSA) is 63.6 Å². The number of carboxylic acids is 1. The van der Waals surface area contributed by atoms with Crippen molar-refractivity contribution in [2.75, 3.05) is 6.61 Å². The lowest BCUT2D eigenvalue weighted by Crippen LogP contribution is -2.20. The van der Waals surface area contributed by atoms with E-state index in [4.69, 9.17) is 5.11 Å². The SMILES string of the molecule is C=C(C)C(=O)OCC(F)(F)F.C=CC(=O)O. The molecule has 0 heterocycles. The maximum Gasteiger partial charge on any atom is 0.422 e. The van der Waals surface area contributed by atoms with Crippen molar-refractivity contribution in [1.29, 1.82) is 0 Å². The fourth-order valence-electron chi connectivity index (χ4n) is 0.271. The second-order valence-electron chi connectivity index (χ2n) is 2.51. The van der Waals surface area contributed by atoms with Gasteiger partial charge < -0.3 is 9.84 Å². The van der Waals surface area contributed by atoms with Crippen molar-refractivity contribution < 1.29 is 32.6 Å². The van der Waals surface area contributed by atoms with Crippen molar-refractivity contribution in [1.82, 2.24) is 0 Å². The first-order valence-electron chi connectivity index (χ1n) is 3.85. The van der Waals surface area contributed by atoms with E-state index in [1.54, 1.807) is 0 Å². The normalized spacial score (nSPS) is 9.50. The minimum Gasteiger partial charge on any atom is -0.478 e. The number of halogens is 3. The third-order valence-corrected chi connectivity index (χ3v) is 0.890. The number of ether oxygens (including phenoxy) is 1. The summed E-state index contributed by atoms with van der Waals surface area (Å²) in [6.07, 6.45) is -3.63. The minimum atomic E-state index is -4.47. The van der Waals surface area contributed by atoms with Crippen LogP contribution in [0.2, 0.25) is 0 Å². The number of carbonyl (C=O) groups is 2. The average molecular weight is 240 g/mol. The summed E-state index contributed by atoms with van der Waals surface area (Å²) in [5.74, 6) is -2.01. The largest absolute Gasteiger partial charge is 0.478 e. The Labute approximate surface area is 90.0 Å². The van der Waals surface area contributed by atoms with Gasteiger partial charge in [-0.1, -0.05) is 13.2 Å². The molecule has 4 nitrogen and oxygen atoms in total. The Morgan fingerprint density at radius 3 is 2.00 bits per heavy atom. The summed E-state index contributed by atoms with van der Waals surface area (Å²) in [7, 11) is 0. The lowest BCUT2D eigenvalue weighted by Gasteiger charge is -2.06. The molecule has 0 spiro atoms. The Balaban J connectivity index is 0. The van der Waals surface area contributed by atoms with Gasteiger partial charge in [-0.25, -0.2) is 9.59 Å². The van der Waals surface area contributed by atoms with Crippen molar-refractivity contribution in [3.63, 3.8) is 0 Å². The molecule has 7 heteroatoms. The Hall–Kier alpha value is -1.79. The number of esters is 1. The minimum absolute atomic E-state index is 0.0470. The predicted molar refractivity (Wildman–Crippen MR) is 49.7 cm³/mol. The highest BCUT2D eigenvalue weighted by molar-refractivity contribution is 5.86. The Morgan fingerprint density at radius 2 is 1.81 bits per heavy atom. The van der Waals surface area contributed by atoms with Crippen LogP contribution in [-0.2, 0) is 14.3 Å². The van der Waals surface area contributed by atoms with Gasteiger partial charge >= 0.3 is 18.1 Å². The standard InChI is InChI=1S/C6H7F3O2.C3H4O2/c1-4(2)5(10)11-3-6(7,8)9;1-2-3(4)5/h1,3H2,2H3;2H,1H2,(H,4,5). The number of carboxylic acid groups (broad SMARTS) is 1. The molecule has 0 aromatic rings. The van der Waals surface area contributed by atoms with Gasteiger partial charge in [0, 0.05) is 11.6 Å². The van der Waals surface area contributed by atoms with Crippen molar-refractivity contribution >= 4 is 11.9 Å². The first-order valence-corrected chi connectivity index (χ1v) is 3.85. The first kappa shape index (κ1) is 16.6. The molecule has 0 amide bonds. The molecule has 0 aliphatic rings. The molecular weight excluding hydrogens is 229 g/mol. The number of hydrogen-bond acceptors (Lipinski definition) is 3. The number of alkyl halides is 3. The van der Waals surface area contributed by atoms with E-state index in [1.807, 2.05) is 0 Å². The van der Waals surface area contributed by atoms with E-state index in [1.165, 1.54) is 6.92 Å². The van der Waals surface area contributed by atoms with Crippen LogP contribution in [0.4, 0.5) is 13.2 Å².